The van der Waals surface area contributed by atoms with Crippen molar-refractivity contribution in [3.63, 3.8) is 0 Å². The lowest BCUT2D eigenvalue weighted by Gasteiger charge is -2.15. The Labute approximate surface area is 110 Å². The highest BCUT2D eigenvalue weighted by molar-refractivity contribution is 7.13. The Balaban J connectivity index is 2.09. The van der Waals surface area contributed by atoms with Gasteiger partial charge >= 0.3 is 5.97 Å². The molecule has 4 nitrogen and oxygen atoms in total. The highest BCUT2D eigenvalue weighted by atomic mass is 32.1. The number of carbonyl (C=O) groups is 1. The number of thiazole rings is 1. The Morgan fingerprint density at radius 2 is 2.06 bits per heavy atom. The highest BCUT2D eigenvalue weighted by Crippen LogP contribution is 2.21. The molecule has 0 unspecified atom stereocenters. The lowest BCUT2D eigenvalue weighted by Crippen LogP contribution is -2.16. The van der Waals surface area contributed by atoms with Crippen LogP contribution in [-0.2, 0) is 6.54 Å². The zero-order chi connectivity index (χ0) is 13.1. The van der Waals surface area contributed by atoms with E-state index >= 15 is 0 Å². The molecule has 94 valence electrons. The Kier molecular flexibility index (Phi) is 3.62. The van der Waals surface area contributed by atoms with E-state index in [1.54, 1.807) is 5.38 Å². The average molecular weight is 262 g/mol. The van der Waals surface area contributed by atoms with Crippen molar-refractivity contribution in [1.29, 1.82) is 0 Å². The van der Waals surface area contributed by atoms with Crippen LogP contribution in [0.2, 0.25) is 0 Å². The zero-order valence-corrected chi connectivity index (χ0v) is 11.1. The Morgan fingerprint density at radius 3 is 2.61 bits per heavy atom. The first-order valence-electron chi connectivity index (χ1n) is 5.52. The summed E-state index contributed by atoms with van der Waals surface area (Å²) in [6.07, 6.45) is 0. The first-order chi connectivity index (χ1) is 8.56. The molecule has 0 aliphatic carbocycles. The molecule has 0 aliphatic rings. The number of anilines is 1. The van der Waals surface area contributed by atoms with Crippen LogP contribution in [0.3, 0.4) is 0 Å². The lowest BCUT2D eigenvalue weighted by atomic mass is 10.1. The third-order valence-electron chi connectivity index (χ3n) is 2.58. The van der Waals surface area contributed by atoms with E-state index in [-0.39, 0.29) is 5.69 Å². The van der Waals surface area contributed by atoms with E-state index in [4.69, 9.17) is 5.11 Å². The minimum absolute atomic E-state index is 0.103. The van der Waals surface area contributed by atoms with Gasteiger partial charge in [0.2, 0.25) is 0 Å². The quantitative estimate of drug-likeness (QED) is 0.920. The number of carboxylic acids is 1. The molecule has 1 heterocycles. The van der Waals surface area contributed by atoms with Crippen molar-refractivity contribution in [3.05, 3.63) is 46.5 Å². The number of benzene rings is 1. The van der Waals surface area contributed by atoms with Crippen molar-refractivity contribution >= 4 is 22.4 Å². The smallest absolute Gasteiger partial charge is 0.355 e. The van der Waals surface area contributed by atoms with Gasteiger partial charge in [0.05, 0.1) is 0 Å². The normalized spacial score (nSPS) is 10.3. The number of carboxylic acid groups (broad SMARTS) is 1. The Morgan fingerprint density at radius 1 is 1.39 bits per heavy atom. The molecular weight excluding hydrogens is 248 g/mol. The Hall–Kier alpha value is -1.88. The van der Waals surface area contributed by atoms with Crippen LogP contribution in [0, 0.1) is 6.92 Å². The molecular formula is C13H14N2O2S. The second-order valence-electron chi connectivity index (χ2n) is 4.16. The molecule has 0 atom stereocenters. The van der Waals surface area contributed by atoms with Gasteiger partial charge in [0.15, 0.2) is 10.8 Å². The molecule has 1 N–H and O–H groups in total. The third-order valence-corrected chi connectivity index (χ3v) is 3.53. The largest absolute Gasteiger partial charge is 0.476 e. The second-order valence-corrected chi connectivity index (χ2v) is 5.00. The van der Waals surface area contributed by atoms with E-state index in [0.717, 1.165) is 0 Å². The van der Waals surface area contributed by atoms with Crippen molar-refractivity contribution < 1.29 is 9.90 Å². The van der Waals surface area contributed by atoms with E-state index in [1.807, 2.05) is 18.9 Å². The number of hydrogen-bond acceptors (Lipinski definition) is 4. The molecule has 1 aromatic carbocycles. The first kappa shape index (κ1) is 12.6. The summed E-state index contributed by atoms with van der Waals surface area (Å²) in [5.74, 6) is -0.985. The molecule has 2 rings (SSSR count). The van der Waals surface area contributed by atoms with Crippen molar-refractivity contribution in [2.24, 2.45) is 0 Å². The fraction of sp³-hybridized carbons (Fsp3) is 0.231. The molecule has 1 aromatic heterocycles. The number of nitrogens with zero attached hydrogens (tertiary/aromatic N) is 2. The maximum atomic E-state index is 10.8. The molecule has 2 aromatic rings. The van der Waals surface area contributed by atoms with Crippen LogP contribution in [0.25, 0.3) is 0 Å². The highest BCUT2D eigenvalue weighted by Gasteiger charge is 2.11. The minimum atomic E-state index is -0.985. The molecule has 0 aliphatic heterocycles. The third kappa shape index (κ3) is 2.87. The van der Waals surface area contributed by atoms with Crippen molar-refractivity contribution in [2.45, 2.75) is 13.5 Å². The van der Waals surface area contributed by atoms with E-state index in [1.165, 1.54) is 22.5 Å². The predicted molar refractivity (Wildman–Crippen MR) is 72.4 cm³/mol. The van der Waals surface area contributed by atoms with Gasteiger partial charge in [-0.25, -0.2) is 9.78 Å². The van der Waals surface area contributed by atoms with E-state index in [2.05, 4.69) is 29.2 Å². The lowest BCUT2D eigenvalue weighted by molar-refractivity contribution is 0.0691. The molecule has 0 spiro atoms. The van der Waals surface area contributed by atoms with Crippen molar-refractivity contribution in [1.82, 2.24) is 4.98 Å². The zero-order valence-electron chi connectivity index (χ0n) is 10.3. The fourth-order valence-corrected chi connectivity index (χ4v) is 2.34. The summed E-state index contributed by atoms with van der Waals surface area (Å²) in [5, 5.41) is 11.1. The van der Waals surface area contributed by atoms with E-state index in [0.29, 0.717) is 11.7 Å². The Bertz CT molecular complexity index is 548. The van der Waals surface area contributed by atoms with Gasteiger partial charge in [-0.3, -0.25) is 0 Å². The van der Waals surface area contributed by atoms with Gasteiger partial charge in [-0.15, -0.1) is 11.3 Å². The van der Waals surface area contributed by atoms with Gasteiger partial charge in [-0.2, -0.15) is 0 Å². The number of aryl methyl sites for hydroxylation is 1. The molecule has 0 saturated carbocycles. The van der Waals surface area contributed by atoms with Gasteiger partial charge in [-0.05, 0) is 12.5 Å². The monoisotopic (exact) mass is 262 g/mol. The molecule has 0 radical (unpaired) electrons. The van der Waals surface area contributed by atoms with Crippen LogP contribution in [0.15, 0.2) is 29.6 Å². The maximum absolute atomic E-state index is 10.8. The molecule has 0 saturated heterocycles. The van der Waals surface area contributed by atoms with Crippen LogP contribution < -0.4 is 4.90 Å². The number of aromatic nitrogens is 1. The van der Waals surface area contributed by atoms with Gasteiger partial charge in [0.25, 0.3) is 0 Å². The van der Waals surface area contributed by atoms with E-state index < -0.39 is 5.97 Å². The summed E-state index contributed by atoms with van der Waals surface area (Å²) in [5.41, 5.74) is 2.50. The number of rotatable bonds is 4. The summed E-state index contributed by atoms with van der Waals surface area (Å²) >= 11 is 1.34. The van der Waals surface area contributed by atoms with Crippen molar-refractivity contribution in [3.8, 4) is 0 Å². The summed E-state index contributed by atoms with van der Waals surface area (Å²) in [4.78, 5) is 16.8. The maximum Gasteiger partial charge on any atom is 0.355 e. The van der Waals surface area contributed by atoms with Gasteiger partial charge in [0, 0.05) is 19.0 Å². The van der Waals surface area contributed by atoms with Crippen LogP contribution in [-0.4, -0.2) is 23.1 Å². The first-order valence-corrected chi connectivity index (χ1v) is 6.40. The van der Waals surface area contributed by atoms with Gasteiger partial charge in [-0.1, -0.05) is 29.8 Å². The van der Waals surface area contributed by atoms with Crippen molar-refractivity contribution in [2.75, 3.05) is 11.9 Å². The molecule has 0 amide bonds. The summed E-state index contributed by atoms with van der Waals surface area (Å²) in [7, 11) is 1.91. The van der Waals surface area contributed by atoms with Crippen LogP contribution in [0.1, 0.15) is 21.6 Å². The van der Waals surface area contributed by atoms with Gasteiger partial charge < -0.3 is 10.0 Å². The standard InChI is InChI=1S/C13H14N2O2S/c1-9-3-5-10(6-4-9)7-15(2)13-14-11(8-18-13)12(16)17/h3-6,8H,7H2,1-2H3,(H,16,17). The summed E-state index contributed by atoms with van der Waals surface area (Å²) < 4.78 is 0. The SMILES string of the molecule is Cc1ccc(CN(C)c2nc(C(=O)O)cs2)cc1. The second kappa shape index (κ2) is 5.18. The molecule has 18 heavy (non-hydrogen) atoms. The van der Waals surface area contributed by atoms with Gasteiger partial charge in [0.1, 0.15) is 0 Å². The minimum Gasteiger partial charge on any atom is -0.476 e. The number of hydrogen-bond donors (Lipinski definition) is 1. The van der Waals surface area contributed by atoms with Crippen LogP contribution in [0.4, 0.5) is 5.13 Å². The van der Waals surface area contributed by atoms with Crippen LogP contribution in [0.5, 0.6) is 0 Å². The average Bonchev–Trinajstić information content (AvgIpc) is 2.81. The van der Waals surface area contributed by atoms with E-state index in [9.17, 15) is 4.79 Å². The molecule has 0 fully saturated rings. The summed E-state index contributed by atoms with van der Waals surface area (Å²) in [6, 6.07) is 8.26. The van der Waals surface area contributed by atoms with Crippen LogP contribution >= 0.6 is 11.3 Å². The number of aromatic carboxylic acids is 1. The topological polar surface area (TPSA) is 53.4 Å². The predicted octanol–water partition coefficient (Wildman–Crippen LogP) is 2.79. The summed E-state index contributed by atoms with van der Waals surface area (Å²) in [6.45, 7) is 2.76. The molecule has 0 bridgehead atoms. The fourth-order valence-electron chi connectivity index (χ4n) is 1.57. The molecule has 5 heteroatoms.